The molecule has 14 heteroatoms. The van der Waals surface area contributed by atoms with Gasteiger partial charge >= 0.3 is 35.8 Å². The molecule has 0 aliphatic rings. The van der Waals surface area contributed by atoms with Gasteiger partial charge in [-0.15, -0.1) is 0 Å². The molecular formula is C41H72O14. The Balaban J connectivity index is 4.40. The van der Waals surface area contributed by atoms with Gasteiger partial charge in [0.25, 0.3) is 0 Å². The smallest absolute Gasteiger partial charge is 0.308 e. The minimum absolute atomic E-state index is 0.0544. The lowest BCUT2D eigenvalue weighted by atomic mass is 10.0. The molecular weight excluding hydrogens is 716 g/mol. The minimum Gasteiger partial charge on any atom is -0.466 e. The van der Waals surface area contributed by atoms with E-state index in [9.17, 15) is 39.0 Å². The Morgan fingerprint density at radius 1 is 0.382 bits per heavy atom. The predicted octanol–water partition coefficient (Wildman–Crippen LogP) is 7.10. The second-order valence-corrected chi connectivity index (χ2v) is 14.0. The van der Waals surface area contributed by atoms with Crippen LogP contribution in [0.2, 0.25) is 0 Å². The van der Waals surface area contributed by atoms with Crippen LogP contribution in [0.4, 0.5) is 0 Å². The zero-order valence-corrected chi connectivity index (χ0v) is 34.2. The quantitative estimate of drug-likeness (QED) is 0.0282. The highest BCUT2D eigenvalue weighted by Crippen LogP contribution is 2.19. The molecule has 0 heterocycles. The van der Waals surface area contributed by atoms with Gasteiger partial charge in [0.15, 0.2) is 0 Å². The van der Waals surface area contributed by atoms with E-state index in [4.69, 9.17) is 28.4 Å². The van der Waals surface area contributed by atoms with E-state index in [2.05, 4.69) is 13.8 Å². The van der Waals surface area contributed by atoms with Crippen molar-refractivity contribution in [3.05, 3.63) is 0 Å². The third-order valence-electron chi connectivity index (χ3n) is 8.77. The first kappa shape index (κ1) is 51.7. The molecule has 0 saturated carbocycles. The highest BCUT2D eigenvalue weighted by atomic mass is 16.7. The van der Waals surface area contributed by atoms with Crippen LogP contribution >= 0.6 is 0 Å². The fraction of sp³-hybridized carbons (Fsp3) is 0.854. The fourth-order valence-corrected chi connectivity index (χ4v) is 5.56. The first-order valence-electron chi connectivity index (χ1n) is 20.8. The number of aliphatic hydroxyl groups excluding tert-OH is 2. The van der Waals surface area contributed by atoms with Crippen LogP contribution in [0.3, 0.4) is 0 Å². The van der Waals surface area contributed by atoms with Crippen LogP contribution in [0.5, 0.6) is 0 Å². The molecule has 0 saturated heterocycles. The predicted molar refractivity (Wildman–Crippen MR) is 204 cm³/mol. The topological polar surface area (TPSA) is 198 Å². The van der Waals surface area contributed by atoms with E-state index in [0.717, 1.165) is 51.4 Å². The Bertz CT molecular complexity index is 968. The third kappa shape index (κ3) is 30.6. The summed E-state index contributed by atoms with van der Waals surface area (Å²) in [6.07, 6.45) is 8.33. The van der Waals surface area contributed by atoms with Crippen molar-refractivity contribution in [1.29, 1.82) is 0 Å². The number of aliphatic hydroxyl groups is 2. The van der Waals surface area contributed by atoms with Crippen LogP contribution in [0, 0.1) is 0 Å². The van der Waals surface area contributed by atoms with Crippen LogP contribution in [-0.4, -0.2) is 90.5 Å². The van der Waals surface area contributed by atoms with E-state index in [-0.39, 0.29) is 50.5 Å². The Morgan fingerprint density at radius 3 is 1.07 bits per heavy atom. The van der Waals surface area contributed by atoms with Gasteiger partial charge in [-0.3, -0.25) is 28.8 Å². The van der Waals surface area contributed by atoms with Gasteiger partial charge in [0.1, 0.15) is 12.2 Å². The lowest BCUT2D eigenvalue weighted by Gasteiger charge is -2.23. The number of carbonyl (C=O) groups excluding carboxylic acids is 6. The molecule has 0 aliphatic heterocycles. The summed E-state index contributed by atoms with van der Waals surface area (Å²) < 4.78 is 31.2. The van der Waals surface area contributed by atoms with Crippen molar-refractivity contribution in [1.82, 2.24) is 0 Å². The molecule has 2 N–H and O–H groups in total. The first-order chi connectivity index (χ1) is 26.5. The molecule has 0 aliphatic carbocycles. The molecule has 0 aromatic heterocycles. The number of hydrogen-bond donors (Lipinski definition) is 2. The molecule has 0 rings (SSSR count). The van der Waals surface area contributed by atoms with E-state index < -0.39 is 55.1 Å². The SMILES string of the molecule is CCCCCC(OC(=O)CCCC(=O)OCCC)C(O)CCCCC(=O)OCOC(=O)CCCCC(O)C(CCCCC)OC(=O)CCCC(=O)OCCC. The van der Waals surface area contributed by atoms with E-state index in [1.165, 1.54) is 0 Å². The van der Waals surface area contributed by atoms with E-state index in [1.807, 2.05) is 13.8 Å². The molecule has 0 bridgehead atoms. The van der Waals surface area contributed by atoms with Gasteiger partial charge in [0.2, 0.25) is 6.79 Å². The molecule has 4 atom stereocenters. The molecule has 0 aromatic carbocycles. The average molecular weight is 789 g/mol. The molecule has 0 radical (unpaired) electrons. The van der Waals surface area contributed by atoms with Crippen molar-refractivity contribution in [2.75, 3.05) is 20.0 Å². The standard InChI is InChI=1S/C41H72O14/c1-5-9-11-21-34(54-40(48)27-17-25-36(44)50-29-7-3)32(42)19-13-15-23-38(46)52-31-53-39(47)24-16-14-20-33(43)35(22-12-10-6-2)55-41(49)28-18-26-37(45)51-30-8-4/h32-35,42-43H,5-31H2,1-4H3. The Kier molecular flexibility index (Phi) is 33.1. The van der Waals surface area contributed by atoms with Gasteiger partial charge in [-0.25, -0.2) is 0 Å². The average Bonchev–Trinajstić information content (AvgIpc) is 3.15. The third-order valence-corrected chi connectivity index (χ3v) is 8.77. The maximum Gasteiger partial charge on any atom is 0.308 e. The van der Waals surface area contributed by atoms with Crippen LogP contribution in [-0.2, 0) is 57.2 Å². The number of unbranched alkanes of at least 4 members (excludes halogenated alkanes) is 6. The number of rotatable bonds is 36. The summed E-state index contributed by atoms with van der Waals surface area (Å²) in [5, 5.41) is 21.5. The fourth-order valence-electron chi connectivity index (χ4n) is 5.56. The van der Waals surface area contributed by atoms with Crippen molar-refractivity contribution < 1.29 is 67.4 Å². The maximum atomic E-state index is 12.4. The summed E-state index contributed by atoms with van der Waals surface area (Å²) in [6, 6.07) is 0. The molecule has 0 aromatic rings. The lowest BCUT2D eigenvalue weighted by Crippen LogP contribution is -2.31. The molecule has 14 nitrogen and oxygen atoms in total. The van der Waals surface area contributed by atoms with E-state index >= 15 is 0 Å². The van der Waals surface area contributed by atoms with Crippen molar-refractivity contribution in [3.8, 4) is 0 Å². The van der Waals surface area contributed by atoms with Crippen molar-refractivity contribution in [3.63, 3.8) is 0 Å². The maximum absolute atomic E-state index is 12.4. The van der Waals surface area contributed by atoms with Crippen LogP contribution in [0.1, 0.15) is 182 Å². The van der Waals surface area contributed by atoms with Crippen LogP contribution < -0.4 is 0 Å². The zero-order valence-electron chi connectivity index (χ0n) is 34.2. The minimum atomic E-state index is -0.894. The number of hydrogen-bond acceptors (Lipinski definition) is 14. The lowest BCUT2D eigenvalue weighted by molar-refractivity contribution is -0.167. The van der Waals surface area contributed by atoms with Crippen molar-refractivity contribution in [2.45, 2.75) is 206 Å². The number of esters is 6. The summed E-state index contributed by atoms with van der Waals surface area (Å²) in [6.45, 7) is 8.10. The number of carbonyl (C=O) groups is 6. The monoisotopic (exact) mass is 788 g/mol. The normalized spacial score (nSPS) is 13.2. The highest BCUT2D eigenvalue weighted by molar-refractivity contribution is 5.73. The largest absolute Gasteiger partial charge is 0.466 e. The summed E-state index contributed by atoms with van der Waals surface area (Å²) in [7, 11) is 0. The van der Waals surface area contributed by atoms with Crippen molar-refractivity contribution >= 4 is 35.8 Å². The molecule has 0 spiro atoms. The van der Waals surface area contributed by atoms with Gasteiger partial charge in [-0.05, 0) is 77.0 Å². The second kappa shape index (κ2) is 35.2. The summed E-state index contributed by atoms with van der Waals surface area (Å²) in [5.74, 6) is -2.74. The van der Waals surface area contributed by atoms with Crippen LogP contribution in [0.25, 0.3) is 0 Å². The Labute approximate surface area is 329 Å². The Morgan fingerprint density at radius 2 is 0.709 bits per heavy atom. The van der Waals surface area contributed by atoms with Crippen molar-refractivity contribution in [2.24, 2.45) is 0 Å². The second-order valence-electron chi connectivity index (χ2n) is 14.0. The molecule has 0 fully saturated rings. The van der Waals surface area contributed by atoms with Gasteiger partial charge in [-0.1, -0.05) is 66.2 Å². The molecule has 320 valence electrons. The van der Waals surface area contributed by atoms with Gasteiger partial charge in [0.05, 0.1) is 25.4 Å². The molecule has 0 amide bonds. The van der Waals surface area contributed by atoms with E-state index in [0.29, 0.717) is 77.4 Å². The van der Waals surface area contributed by atoms with Gasteiger partial charge in [-0.2, -0.15) is 0 Å². The summed E-state index contributed by atoms with van der Waals surface area (Å²) in [4.78, 5) is 72.4. The summed E-state index contributed by atoms with van der Waals surface area (Å²) >= 11 is 0. The van der Waals surface area contributed by atoms with Gasteiger partial charge < -0.3 is 38.6 Å². The van der Waals surface area contributed by atoms with E-state index in [1.54, 1.807) is 0 Å². The molecule has 55 heavy (non-hydrogen) atoms. The highest BCUT2D eigenvalue weighted by Gasteiger charge is 2.24. The van der Waals surface area contributed by atoms with Gasteiger partial charge in [0, 0.05) is 38.5 Å². The zero-order chi connectivity index (χ0) is 41.1. The van der Waals surface area contributed by atoms with Crippen LogP contribution in [0.15, 0.2) is 0 Å². The number of ether oxygens (including phenoxy) is 6. The Hall–Kier alpha value is -3.26. The summed E-state index contributed by atoms with van der Waals surface area (Å²) in [5.41, 5.74) is 0. The molecule has 4 unspecified atom stereocenters. The first-order valence-corrected chi connectivity index (χ1v) is 20.8.